The van der Waals surface area contributed by atoms with E-state index in [2.05, 4.69) is 33.9 Å². The van der Waals surface area contributed by atoms with Gasteiger partial charge in [-0.25, -0.2) is 0 Å². The normalized spacial score (nSPS) is 34.0. The fourth-order valence-electron chi connectivity index (χ4n) is 4.42. The van der Waals surface area contributed by atoms with Crippen LogP contribution in [-0.2, 0) is 4.79 Å². The van der Waals surface area contributed by atoms with Crippen molar-refractivity contribution >= 4 is 5.91 Å². The Bertz CT molecular complexity index is 378. The molecule has 3 aliphatic rings. The fraction of sp³-hybridized carbons (Fsp3) is 0.944. The molecule has 0 saturated carbocycles. The zero-order valence-electron chi connectivity index (χ0n) is 15.0. The second-order valence-electron chi connectivity index (χ2n) is 7.68. The van der Waals surface area contributed by atoms with E-state index in [9.17, 15) is 4.79 Å². The highest BCUT2D eigenvalue weighted by atomic mass is 16.2. The molecule has 3 fully saturated rings. The lowest BCUT2D eigenvalue weighted by Crippen LogP contribution is -2.55. The Kier molecular flexibility index (Phi) is 5.94. The van der Waals surface area contributed by atoms with Crippen molar-refractivity contribution in [3.8, 4) is 0 Å². The Labute approximate surface area is 141 Å². The Morgan fingerprint density at radius 2 is 1.65 bits per heavy atom. The van der Waals surface area contributed by atoms with Crippen LogP contribution < -0.4 is 5.32 Å². The molecule has 0 aromatic carbocycles. The van der Waals surface area contributed by atoms with Gasteiger partial charge in [-0.3, -0.25) is 14.6 Å². The van der Waals surface area contributed by atoms with Gasteiger partial charge < -0.3 is 10.2 Å². The van der Waals surface area contributed by atoms with Gasteiger partial charge in [0.15, 0.2) is 0 Å². The molecular weight excluding hydrogens is 288 g/mol. The Balaban J connectivity index is 1.39. The summed E-state index contributed by atoms with van der Waals surface area (Å²) in [6.45, 7) is 11.9. The molecule has 23 heavy (non-hydrogen) atoms. The van der Waals surface area contributed by atoms with E-state index in [0.717, 1.165) is 57.8 Å². The summed E-state index contributed by atoms with van der Waals surface area (Å²) in [5, 5.41) is 3.39. The van der Waals surface area contributed by atoms with Crippen molar-refractivity contribution in [2.75, 3.05) is 45.8 Å². The first-order valence-electron chi connectivity index (χ1n) is 9.65. The third-order valence-electron chi connectivity index (χ3n) is 6.10. The van der Waals surface area contributed by atoms with Crippen molar-refractivity contribution in [2.24, 2.45) is 0 Å². The minimum Gasteiger partial charge on any atom is -0.339 e. The summed E-state index contributed by atoms with van der Waals surface area (Å²) < 4.78 is 0. The predicted molar refractivity (Wildman–Crippen MR) is 93.5 cm³/mol. The minimum atomic E-state index is 0.0848. The lowest BCUT2D eigenvalue weighted by Gasteiger charge is -2.38. The van der Waals surface area contributed by atoms with Crippen molar-refractivity contribution in [3.05, 3.63) is 0 Å². The molecule has 3 unspecified atom stereocenters. The van der Waals surface area contributed by atoms with E-state index in [1.165, 1.54) is 32.2 Å². The first-order chi connectivity index (χ1) is 11.1. The summed E-state index contributed by atoms with van der Waals surface area (Å²) >= 11 is 0. The number of amides is 1. The Hall–Kier alpha value is -0.650. The minimum absolute atomic E-state index is 0.0848. The number of nitrogens with one attached hydrogen (secondary N) is 1. The molecule has 1 amide bonds. The van der Waals surface area contributed by atoms with Gasteiger partial charge in [-0.2, -0.15) is 0 Å². The highest BCUT2D eigenvalue weighted by molar-refractivity contribution is 5.82. The van der Waals surface area contributed by atoms with Crippen molar-refractivity contribution in [1.82, 2.24) is 20.0 Å². The number of piperazine rings is 1. The Morgan fingerprint density at radius 1 is 0.957 bits per heavy atom. The van der Waals surface area contributed by atoms with Crippen molar-refractivity contribution in [3.63, 3.8) is 0 Å². The predicted octanol–water partition coefficient (Wildman–Crippen LogP) is 1.15. The average Bonchev–Trinajstić information content (AvgIpc) is 2.92. The molecule has 3 rings (SSSR count). The van der Waals surface area contributed by atoms with Crippen molar-refractivity contribution in [2.45, 2.75) is 64.1 Å². The fourth-order valence-corrected chi connectivity index (χ4v) is 4.42. The lowest BCUT2D eigenvalue weighted by atomic mass is 10.0. The molecule has 5 heteroatoms. The summed E-state index contributed by atoms with van der Waals surface area (Å²) in [6.07, 6.45) is 6.11. The smallest absolute Gasteiger partial charge is 0.239 e. The molecule has 3 aliphatic heterocycles. The number of carbonyl (C=O) groups excluding carboxylic acids is 1. The van der Waals surface area contributed by atoms with Gasteiger partial charge in [-0.1, -0.05) is 6.42 Å². The Morgan fingerprint density at radius 3 is 2.26 bits per heavy atom. The zero-order chi connectivity index (χ0) is 16.2. The van der Waals surface area contributed by atoms with E-state index >= 15 is 0 Å². The third-order valence-corrected chi connectivity index (χ3v) is 6.10. The number of hydrogen-bond donors (Lipinski definition) is 1. The van der Waals surface area contributed by atoms with Crippen LogP contribution in [0.4, 0.5) is 0 Å². The van der Waals surface area contributed by atoms with E-state index in [-0.39, 0.29) is 6.04 Å². The number of piperidine rings is 1. The van der Waals surface area contributed by atoms with Crippen LogP contribution in [-0.4, -0.2) is 84.5 Å². The molecule has 3 saturated heterocycles. The van der Waals surface area contributed by atoms with Gasteiger partial charge in [-0.15, -0.1) is 0 Å². The van der Waals surface area contributed by atoms with Gasteiger partial charge in [-0.05, 0) is 46.1 Å². The topological polar surface area (TPSA) is 38.8 Å². The second-order valence-corrected chi connectivity index (χ2v) is 7.68. The monoisotopic (exact) mass is 322 g/mol. The van der Waals surface area contributed by atoms with Crippen LogP contribution in [0.25, 0.3) is 0 Å². The van der Waals surface area contributed by atoms with Gasteiger partial charge in [0.1, 0.15) is 0 Å². The number of hydrogen-bond acceptors (Lipinski definition) is 4. The van der Waals surface area contributed by atoms with Crippen LogP contribution in [0.3, 0.4) is 0 Å². The van der Waals surface area contributed by atoms with E-state index in [4.69, 9.17) is 0 Å². The molecule has 0 aromatic rings. The second kappa shape index (κ2) is 7.95. The standard InChI is InChI=1S/C18H34N4O/c1-15-6-7-16(2)22(15)14-11-20-9-12-21(13-10-20)18(23)17-5-3-4-8-19-17/h15-17,19H,3-14H2,1-2H3. The summed E-state index contributed by atoms with van der Waals surface area (Å²) in [5.41, 5.74) is 0. The molecule has 0 radical (unpaired) electrons. The molecule has 5 nitrogen and oxygen atoms in total. The number of rotatable bonds is 4. The first kappa shape index (κ1) is 17.2. The van der Waals surface area contributed by atoms with E-state index in [1.807, 2.05) is 0 Å². The number of nitrogens with zero attached hydrogens (tertiary/aromatic N) is 3. The molecular formula is C18H34N4O. The maximum absolute atomic E-state index is 12.5. The highest BCUT2D eigenvalue weighted by Crippen LogP contribution is 2.23. The van der Waals surface area contributed by atoms with Gasteiger partial charge in [0.2, 0.25) is 5.91 Å². The van der Waals surface area contributed by atoms with Crippen LogP contribution in [0.2, 0.25) is 0 Å². The molecule has 132 valence electrons. The SMILES string of the molecule is CC1CCC(C)N1CCN1CCN(C(=O)C2CCCCN2)CC1. The quantitative estimate of drug-likeness (QED) is 0.843. The molecule has 0 spiro atoms. The van der Waals surface area contributed by atoms with Crippen LogP contribution in [0.1, 0.15) is 46.0 Å². The van der Waals surface area contributed by atoms with Crippen LogP contribution in [0.5, 0.6) is 0 Å². The zero-order valence-corrected chi connectivity index (χ0v) is 15.0. The summed E-state index contributed by atoms with van der Waals surface area (Å²) in [6, 6.07) is 1.57. The van der Waals surface area contributed by atoms with Gasteiger partial charge in [0.05, 0.1) is 6.04 Å². The summed E-state index contributed by atoms with van der Waals surface area (Å²) in [7, 11) is 0. The summed E-state index contributed by atoms with van der Waals surface area (Å²) in [4.78, 5) is 19.8. The number of carbonyl (C=O) groups is 1. The average molecular weight is 322 g/mol. The van der Waals surface area contributed by atoms with Gasteiger partial charge in [0.25, 0.3) is 0 Å². The highest BCUT2D eigenvalue weighted by Gasteiger charge is 2.30. The maximum atomic E-state index is 12.5. The molecule has 3 atom stereocenters. The van der Waals surface area contributed by atoms with Crippen LogP contribution in [0.15, 0.2) is 0 Å². The maximum Gasteiger partial charge on any atom is 0.239 e. The van der Waals surface area contributed by atoms with Gasteiger partial charge >= 0.3 is 0 Å². The third kappa shape index (κ3) is 4.25. The summed E-state index contributed by atoms with van der Waals surface area (Å²) in [5.74, 6) is 0.339. The van der Waals surface area contributed by atoms with E-state index in [0.29, 0.717) is 5.91 Å². The molecule has 0 aromatic heterocycles. The lowest BCUT2D eigenvalue weighted by molar-refractivity contribution is -0.135. The number of likely N-dealkylation sites (tertiary alicyclic amines) is 1. The molecule has 3 heterocycles. The molecule has 1 N–H and O–H groups in total. The molecule has 0 aliphatic carbocycles. The first-order valence-corrected chi connectivity index (χ1v) is 9.65. The van der Waals surface area contributed by atoms with E-state index < -0.39 is 0 Å². The van der Waals surface area contributed by atoms with Gasteiger partial charge in [0, 0.05) is 51.4 Å². The van der Waals surface area contributed by atoms with Crippen molar-refractivity contribution in [1.29, 1.82) is 0 Å². The largest absolute Gasteiger partial charge is 0.339 e. The van der Waals surface area contributed by atoms with E-state index in [1.54, 1.807) is 0 Å². The molecule has 0 bridgehead atoms. The van der Waals surface area contributed by atoms with Crippen LogP contribution >= 0.6 is 0 Å². The van der Waals surface area contributed by atoms with Crippen molar-refractivity contribution < 1.29 is 4.79 Å². The van der Waals surface area contributed by atoms with Crippen LogP contribution in [0, 0.1) is 0 Å².